The van der Waals surface area contributed by atoms with Crippen molar-refractivity contribution in [2.75, 3.05) is 6.54 Å². The van der Waals surface area contributed by atoms with Crippen molar-refractivity contribution in [2.24, 2.45) is 5.10 Å². The third kappa shape index (κ3) is 6.22. The third-order valence-electron chi connectivity index (χ3n) is 4.08. The number of nitrogens with one attached hydrogen (secondary N) is 1. The summed E-state index contributed by atoms with van der Waals surface area (Å²) >= 11 is 0. The number of rotatable bonds is 1. The van der Waals surface area contributed by atoms with Gasteiger partial charge in [-0.2, -0.15) is 5.10 Å². The first kappa shape index (κ1) is 16.2. The molecule has 110 valence electrons. The Morgan fingerprint density at radius 3 is 2.37 bits per heavy atom. The molecule has 2 aliphatic rings. The zero-order valence-electron chi connectivity index (χ0n) is 12.1. The molecule has 0 saturated carbocycles. The summed E-state index contributed by atoms with van der Waals surface area (Å²) in [7, 11) is 0. The van der Waals surface area contributed by atoms with Crippen LogP contribution in [-0.4, -0.2) is 12.3 Å². The summed E-state index contributed by atoms with van der Waals surface area (Å²) in [6.45, 7) is 1.05. The third-order valence-corrected chi connectivity index (χ3v) is 4.08. The van der Waals surface area contributed by atoms with Gasteiger partial charge in [-0.15, -0.1) is 0 Å². The number of nitrogens with zero attached hydrogens (tertiary/aromatic N) is 1. The number of hydrazone groups is 1. The second kappa shape index (κ2) is 9.99. The molecule has 3 heteroatoms. The van der Waals surface area contributed by atoms with E-state index < -0.39 is 0 Å². The van der Waals surface area contributed by atoms with Crippen LogP contribution in [0.3, 0.4) is 0 Å². The molecule has 0 radical (unpaired) electrons. The molecule has 0 saturated heterocycles. The van der Waals surface area contributed by atoms with Crippen LogP contribution < -0.4 is 5.43 Å². The van der Waals surface area contributed by atoms with Gasteiger partial charge in [0.1, 0.15) is 0 Å². The van der Waals surface area contributed by atoms with Crippen LogP contribution in [0.2, 0.25) is 0 Å². The maximum atomic E-state index is 4.67. The second-order valence-corrected chi connectivity index (χ2v) is 5.67. The normalized spacial score (nSPS) is 22.7. The highest BCUT2D eigenvalue weighted by Gasteiger charge is 2.10. The topological polar surface area (TPSA) is 24.4 Å². The molecular formula is C16H29FN2. The molecule has 1 aliphatic heterocycles. The van der Waals surface area contributed by atoms with Crippen molar-refractivity contribution < 1.29 is 4.70 Å². The van der Waals surface area contributed by atoms with Gasteiger partial charge in [-0.1, -0.05) is 38.2 Å². The highest BCUT2D eigenvalue weighted by atomic mass is 19.0. The van der Waals surface area contributed by atoms with Crippen molar-refractivity contribution in [1.82, 2.24) is 5.43 Å². The molecule has 2 nitrogen and oxygen atoms in total. The fourth-order valence-electron chi connectivity index (χ4n) is 2.92. The lowest BCUT2D eigenvalue weighted by atomic mass is 9.98. The van der Waals surface area contributed by atoms with E-state index in [2.05, 4.69) is 16.6 Å². The minimum Gasteiger partial charge on any atom is -0.310 e. The molecule has 0 spiro atoms. The van der Waals surface area contributed by atoms with E-state index in [-0.39, 0.29) is 4.70 Å². The van der Waals surface area contributed by atoms with Crippen LogP contribution in [0, 0.1) is 0 Å². The molecule has 0 unspecified atom stereocenters. The molecule has 0 amide bonds. The van der Waals surface area contributed by atoms with E-state index in [0.29, 0.717) is 0 Å². The lowest BCUT2D eigenvalue weighted by molar-refractivity contribution is 0.623. The van der Waals surface area contributed by atoms with E-state index in [9.17, 15) is 0 Å². The van der Waals surface area contributed by atoms with Crippen molar-refractivity contribution in [3.63, 3.8) is 0 Å². The van der Waals surface area contributed by atoms with Crippen molar-refractivity contribution in [3.05, 3.63) is 11.6 Å². The van der Waals surface area contributed by atoms with Crippen LogP contribution >= 0.6 is 0 Å². The van der Waals surface area contributed by atoms with Crippen molar-refractivity contribution in [2.45, 2.75) is 77.0 Å². The van der Waals surface area contributed by atoms with Gasteiger partial charge in [-0.05, 0) is 50.5 Å². The van der Waals surface area contributed by atoms with Crippen LogP contribution in [0.1, 0.15) is 77.0 Å². The lowest BCUT2D eigenvalue weighted by Gasteiger charge is -2.10. The number of halogens is 1. The first-order valence-corrected chi connectivity index (χ1v) is 7.95. The summed E-state index contributed by atoms with van der Waals surface area (Å²) in [5, 5.41) is 4.67. The number of hydrogen-bond donors (Lipinski definition) is 1. The van der Waals surface area contributed by atoms with Gasteiger partial charge < -0.3 is 5.43 Å². The fraction of sp³-hybridized carbons (Fsp3) is 0.812. The quantitative estimate of drug-likeness (QED) is 0.731. The minimum absolute atomic E-state index is 0. The predicted molar refractivity (Wildman–Crippen MR) is 81.4 cm³/mol. The molecule has 1 aliphatic carbocycles. The Labute approximate surface area is 117 Å². The lowest BCUT2D eigenvalue weighted by Crippen LogP contribution is -2.12. The zero-order valence-corrected chi connectivity index (χ0v) is 12.1. The largest absolute Gasteiger partial charge is 0.310 e. The SMILES string of the molecule is C1=C(C2=NNCCCCCC2)CCCCCCC1.F. The van der Waals surface area contributed by atoms with Crippen LogP contribution in [0.15, 0.2) is 16.8 Å². The van der Waals surface area contributed by atoms with Crippen LogP contribution in [0.25, 0.3) is 0 Å². The molecule has 0 aromatic carbocycles. The molecular weight excluding hydrogens is 239 g/mol. The van der Waals surface area contributed by atoms with E-state index in [1.54, 1.807) is 5.57 Å². The van der Waals surface area contributed by atoms with Gasteiger partial charge in [-0.3, -0.25) is 4.70 Å². The molecule has 0 fully saturated rings. The van der Waals surface area contributed by atoms with Crippen molar-refractivity contribution in [1.29, 1.82) is 0 Å². The molecule has 19 heavy (non-hydrogen) atoms. The van der Waals surface area contributed by atoms with Crippen molar-refractivity contribution >= 4 is 5.71 Å². The van der Waals surface area contributed by atoms with E-state index in [1.165, 1.54) is 82.8 Å². The van der Waals surface area contributed by atoms with Gasteiger partial charge in [0.15, 0.2) is 0 Å². The molecule has 1 heterocycles. The highest BCUT2D eigenvalue weighted by Crippen LogP contribution is 2.20. The zero-order chi connectivity index (χ0) is 12.5. The Kier molecular flexibility index (Phi) is 8.52. The van der Waals surface area contributed by atoms with Gasteiger partial charge >= 0.3 is 0 Å². The first-order valence-electron chi connectivity index (χ1n) is 7.95. The molecule has 0 aromatic rings. The summed E-state index contributed by atoms with van der Waals surface area (Å²) in [6.07, 6.45) is 18.4. The number of allylic oxidation sites excluding steroid dienone is 2. The Morgan fingerprint density at radius 2 is 1.47 bits per heavy atom. The monoisotopic (exact) mass is 268 g/mol. The molecule has 0 aromatic heterocycles. The maximum absolute atomic E-state index is 4.67. The fourth-order valence-corrected chi connectivity index (χ4v) is 2.92. The molecule has 2 rings (SSSR count). The van der Waals surface area contributed by atoms with Crippen LogP contribution in [-0.2, 0) is 0 Å². The second-order valence-electron chi connectivity index (χ2n) is 5.67. The standard InChI is InChI=1S/C16H28N2.FH/c1-2-4-8-12-15(11-7-3-1)16-13-9-5-6-10-14-17-18-16;/h11,17H,1-10,12-14H2;1H. The van der Waals surface area contributed by atoms with E-state index >= 15 is 0 Å². The average Bonchev–Trinajstić information content (AvgIpc) is 2.61. The summed E-state index contributed by atoms with van der Waals surface area (Å²) in [4.78, 5) is 0. The van der Waals surface area contributed by atoms with E-state index in [4.69, 9.17) is 0 Å². The van der Waals surface area contributed by atoms with E-state index in [0.717, 1.165) is 6.54 Å². The molecule has 1 N–H and O–H groups in total. The predicted octanol–water partition coefficient (Wildman–Crippen LogP) is 4.72. The Bertz CT molecular complexity index is 267. The van der Waals surface area contributed by atoms with Gasteiger partial charge in [0.05, 0.1) is 5.71 Å². The first-order chi connectivity index (χ1) is 8.97. The van der Waals surface area contributed by atoms with Crippen molar-refractivity contribution in [3.8, 4) is 0 Å². The van der Waals surface area contributed by atoms with Crippen LogP contribution in [0.4, 0.5) is 4.70 Å². The van der Waals surface area contributed by atoms with Gasteiger partial charge in [0.2, 0.25) is 0 Å². The summed E-state index contributed by atoms with van der Waals surface area (Å²) in [6, 6.07) is 0. The summed E-state index contributed by atoms with van der Waals surface area (Å²) < 4.78 is 0. The van der Waals surface area contributed by atoms with Gasteiger partial charge in [0, 0.05) is 6.54 Å². The maximum Gasteiger partial charge on any atom is 0.0631 e. The average molecular weight is 268 g/mol. The van der Waals surface area contributed by atoms with Gasteiger partial charge in [0.25, 0.3) is 0 Å². The minimum atomic E-state index is 0. The highest BCUT2D eigenvalue weighted by molar-refractivity contribution is 5.99. The summed E-state index contributed by atoms with van der Waals surface area (Å²) in [5.74, 6) is 0. The summed E-state index contributed by atoms with van der Waals surface area (Å²) in [5.41, 5.74) is 6.18. The van der Waals surface area contributed by atoms with E-state index in [1.807, 2.05) is 0 Å². The van der Waals surface area contributed by atoms with Crippen LogP contribution in [0.5, 0.6) is 0 Å². The molecule has 0 atom stereocenters. The Balaban J connectivity index is 0.00000180. The van der Waals surface area contributed by atoms with Gasteiger partial charge in [-0.25, -0.2) is 0 Å². The number of hydrogen-bond acceptors (Lipinski definition) is 2. The Hall–Kier alpha value is -0.860. The molecule has 0 bridgehead atoms. The smallest absolute Gasteiger partial charge is 0.0631 e. The Morgan fingerprint density at radius 1 is 0.789 bits per heavy atom.